The molecule has 0 radical (unpaired) electrons. The summed E-state index contributed by atoms with van der Waals surface area (Å²) in [5.74, 6) is 0. The Morgan fingerprint density at radius 3 is 0.922 bits per heavy atom. The van der Waals surface area contributed by atoms with Crippen LogP contribution in [-0.4, -0.2) is 0 Å². The van der Waals surface area contributed by atoms with Crippen LogP contribution in [0.5, 0.6) is 0 Å². The maximum absolute atomic E-state index is 2.39. The molecule has 0 fully saturated rings. The van der Waals surface area contributed by atoms with E-state index in [2.05, 4.69) is 198 Å². The molecule has 0 aliphatic heterocycles. The lowest BCUT2D eigenvalue weighted by Gasteiger charge is -2.41. The molecule has 0 saturated carbocycles. The highest BCUT2D eigenvalue weighted by atomic mass is 14.5. The normalized spacial score (nSPS) is 13.4. The summed E-state index contributed by atoms with van der Waals surface area (Å²) in [5.41, 5.74) is 28.0. The van der Waals surface area contributed by atoms with Crippen molar-refractivity contribution in [3.05, 3.63) is 259 Å². The quantitative estimate of drug-likeness (QED) is 0.143. The molecule has 12 rings (SSSR count). The van der Waals surface area contributed by atoms with Crippen molar-refractivity contribution in [2.75, 3.05) is 0 Å². The molecule has 324 valence electrons. The van der Waals surface area contributed by atoms with Gasteiger partial charge in [-0.1, -0.05) is 236 Å². The molecule has 64 heavy (non-hydrogen) atoms. The van der Waals surface area contributed by atoms with Gasteiger partial charge in [-0.2, -0.15) is 0 Å². The average Bonchev–Trinajstić information content (AvgIpc) is 3.81. The lowest BCUT2D eigenvalue weighted by atomic mass is 9.60. The van der Waals surface area contributed by atoms with Crippen LogP contribution in [0.4, 0.5) is 0 Å². The highest BCUT2D eigenvalue weighted by Gasteiger charge is 2.51. The average molecular weight is 837 g/mol. The molecule has 0 unspecified atom stereocenters. The van der Waals surface area contributed by atoms with Crippen molar-refractivity contribution in [2.45, 2.75) is 107 Å². The van der Waals surface area contributed by atoms with E-state index in [-0.39, 0.29) is 10.8 Å². The molecule has 4 aliphatic carbocycles. The van der Waals surface area contributed by atoms with Crippen molar-refractivity contribution in [1.29, 1.82) is 0 Å². The summed E-state index contributed by atoms with van der Waals surface area (Å²) >= 11 is 0. The molecule has 0 aromatic heterocycles. The van der Waals surface area contributed by atoms with E-state index in [1.54, 1.807) is 0 Å². The Hall–Kier alpha value is -6.24. The lowest BCUT2D eigenvalue weighted by Crippen LogP contribution is -2.35. The third kappa shape index (κ3) is 6.89. The Balaban J connectivity index is 0.000000166. The fraction of sp³-hybridized carbons (Fsp3) is 0.250. The van der Waals surface area contributed by atoms with E-state index < -0.39 is 0 Å². The van der Waals surface area contributed by atoms with Crippen molar-refractivity contribution in [3.63, 3.8) is 0 Å². The second-order valence-electron chi connectivity index (χ2n) is 16.6. The molecule has 0 saturated heterocycles. The van der Waals surface area contributed by atoms with Crippen molar-refractivity contribution in [3.8, 4) is 22.3 Å². The Labute approximate surface area is 386 Å². The molecule has 0 heterocycles. The Kier molecular flexibility index (Phi) is 13.8. The number of aryl methyl sites for hydroxylation is 4. The van der Waals surface area contributed by atoms with Gasteiger partial charge in [-0.15, -0.1) is 0 Å². The molecule has 0 amide bonds. The van der Waals surface area contributed by atoms with Gasteiger partial charge in [-0.25, -0.2) is 0 Å². The molecule has 0 N–H and O–H groups in total. The number of rotatable bonds is 0. The maximum atomic E-state index is 2.39. The van der Waals surface area contributed by atoms with E-state index in [0.717, 1.165) is 12.8 Å². The van der Waals surface area contributed by atoms with E-state index in [9.17, 15) is 0 Å². The second-order valence-corrected chi connectivity index (χ2v) is 16.6. The first-order valence-electron chi connectivity index (χ1n) is 24.2. The van der Waals surface area contributed by atoms with Gasteiger partial charge in [0.05, 0.1) is 10.8 Å². The third-order valence-electron chi connectivity index (χ3n) is 13.6. The monoisotopic (exact) mass is 837 g/mol. The van der Waals surface area contributed by atoms with Gasteiger partial charge >= 0.3 is 0 Å². The van der Waals surface area contributed by atoms with Gasteiger partial charge in [0.15, 0.2) is 0 Å². The lowest BCUT2D eigenvalue weighted by molar-refractivity contribution is 0.716. The van der Waals surface area contributed by atoms with Crippen LogP contribution in [0.1, 0.15) is 144 Å². The van der Waals surface area contributed by atoms with E-state index in [0.29, 0.717) is 0 Å². The van der Waals surface area contributed by atoms with E-state index in [4.69, 9.17) is 0 Å². The Morgan fingerprint density at radius 1 is 0.281 bits per heavy atom. The van der Waals surface area contributed by atoms with Crippen LogP contribution in [0.25, 0.3) is 22.3 Å². The molecular formula is C64H68. The van der Waals surface area contributed by atoms with Gasteiger partial charge in [0, 0.05) is 0 Å². The molecule has 4 aliphatic rings. The van der Waals surface area contributed by atoms with Gasteiger partial charge in [-0.3, -0.25) is 0 Å². The van der Waals surface area contributed by atoms with Crippen LogP contribution in [-0.2, 0) is 23.7 Å². The minimum atomic E-state index is -0.214. The van der Waals surface area contributed by atoms with Crippen LogP contribution in [0.2, 0.25) is 0 Å². The first kappa shape index (κ1) is 45.8. The molecule has 0 bridgehead atoms. The molecule has 0 atom stereocenters. The SMILES string of the molecule is CC.CC.CC.CC.Cc1ccc2c(c1)Cc1cc(C)ccc1C21c2ccccc2-c2ccccc21.Cc1cccc2c1Cc1c(C)cccc1C21c2ccccc2-c2ccccc21. The topological polar surface area (TPSA) is 0 Å². The largest absolute Gasteiger partial charge is 0.0719 e. The zero-order valence-electron chi connectivity index (χ0n) is 40.6. The van der Waals surface area contributed by atoms with Gasteiger partial charge in [0.2, 0.25) is 0 Å². The van der Waals surface area contributed by atoms with Gasteiger partial charge < -0.3 is 0 Å². The smallest absolute Gasteiger partial charge is 0.0683 e. The van der Waals surface area contributed by atoms with Crippen molar-refractivity contribution in [1.82, 2.24) is 0 Å². The first-order chi connectivity index (χ1) is 31.4. The Morgan fingerprint density at radius 2 is 0.578 bits per heavy atom. The van der Waals surface area contributed by atoms with E-state index >= 15 is 0 Å². The fourth-order valence-electron chi connectivity index (χ4n) is 11.3. The first-order valence-corrected chi connectivity index (χ1v) is 24.2. The number of benzene rings is 8. The van der Waals surface area contributed by atoms with Crippen LogP contribution in [0.3, 0.4) is 0 Å². The zero-order valence-corrected chi connectivity index (χ0v) is 40.6. The summed E-state index contributed by atoms with van der Waals surface area (Å²) < 4.78 is 0. The summed E-state index contributed by atoms with van der Waals surface area (Å²) in [6.45, 7) is 24.9. The minimum Gasteiger partial charge on any atom is -0.0683 e. The fourth-order valence-corrected chi connectivity index (χ4v) is 11.3. The molecule has 8 aromatic rings. The second kappa shape index (κ2) is 19.2. The van der Waals surface area contributed by atoms with Gasteiger partial charge in [0.1, 0.15) is 0 Å². The zero-order chi connectivity index (χ0) is 45.8. The highest BCUT2D eigenvalue weighted by molar-refractivity contribution is 5.89. The molecular weight excluding hydrogens is 769 g/mol. The van der Waals surface area contributed by atoms with Crippen LogP contribution < -0.4 is 0 Å². The summed E-state index contributed by atoms with van der Waals surface area (Å²) in [7, 11) is 0. The number of hydrogen-bond acceptors (Lipinski definition) is 0. The van der Waals surface area contributed by atoms with Crippen molar-refractivity contribution in [2.24, 2.45) is 0 Å². The predicted octanol–water partition coefficient (Wildman–Crippen LogP) is 17.2. The van der Waals surface area contributed by atoms with Crippen LogP contribution in [0.15, 0.2) is 170 Å². The molecule has 0 nitrogen and oxygen atoms in total. The standard InChI is InChI=1S/2C28H22.4C2H6/c1-18-9-7-15-26-22(18)17-23-19(2)10-8-16-27(23)28(26)24-13-5-3-11-20(24)21-12-4-6-14-25(21)28;1-18-11-13-24-20(15-18)17-21-16-19(2)12-14-25(21)28(24)26-9-5-3-7-22(26)23-8-4-6-10-27(23)28;4*1-2/h2*3-16H,17H2,1-2H3;4*1-2H3. The predicted molar refractivity (Wildman–Crippen MR) is 277 cm³/mol. The summed E-state index contributed by atoms with van der Waals surface area (Å²) in [6.07, 6.45) is 2.04. The van der Waals surface area contributed by atoms with Gasteiger partial charge in [0.25, 0.3) is 0 Å². The minimum absolute atomic E-state index is 0.211. The third-order valence-corrected chi connectivity index (χ3v) is 13.6. The van der Waals surface area contributed by atoms with Gasteiger partial charge in [-0.05, 0) is 141 Å². The highest BCUT2D eigenvalue weighted by Crippen LogP contribution is 2.61. The Bertz CT molecular complexity index is 2720. The van der Waals surface area contributed by atoms with Crippen molar-refractivity contribution >= 4 is 0 Å². The molecule has 2 spiro atoms. The summed E-state index contributed by atoms with van der Waals surface area (Å²) in [6, 6.07) is 63.9. The van der Waals surface area contributed by atoms with E-state index in [1.165, 1.54) is 111 Å². The van der Waals surface area contributed by atoms with E-state index in [1.807, 2.05) is 55.4 Å². The summed E-state index contributed by atoms with van der Waals surface area (Å²) in [5, 5.41) is 0. The maximum Gasteiger partial charge on any atom is 0.0719 e. The van der Waals surface area contributed by atoms with Crippen LogP contribution in [0, 0.1) is 27.7 Å². The van der Waals surface area contributed by atoms with Crippen LogP contribution >= 0.6 is 0 Å². The molecule has 0 heteroatoms. The number of hydrogen-bond donors (Lipinski definition) is 0. The number of fused-ring (bicyclic) bond motifs is 18. The summed E-state index contributed by atoms with van der Waals surface area (Å²) in [4.78, 5) is 0. The molecule has 8 aromatic carbocycles. The van der Waals surface area contributed by atoms with Crippen molar-refractivity contribution < 1.29 is 0 Å².